The van der Waals surface area contributed by atoms with Gasteiger partial charge < -0.3 is 15.4 Å². The third-order valence-electron chi connectivity index (χ3n) is 3.83. The molecule has 0 fully saturated rings. The topological polar surface area (TPSA) is 97.4 Å². The fraction of sp³-hybridized carbons (Fsp3) is 0.300. The highest BCUT2D eigenvalue weighted by Crippen LogP contribution is 2.15. The van der Waals surface area contributed by atoms with Crippen LogP contribution in [0.2, 0.25) is 0 Å². The molecule has 0 unspecified atom stereocenters. The number of anilines is 2. The molecule has 27 heavy (non-hydrogen) atoms. The van der Waals surface area contributed by atoms with Gasteiger partial charge in [-0.25, -0.2) is 4.98 Å². The lowest BCUT2D eigenvalue weighted by molar-refractivity contribution is -0.140. The molecule has 1 aromatic carbocycles. The highest BCUT2D eigenvalue weighted by molar-refractivity contribution is 6.05. The van der Waals surface area contributed by atoms with Crippen LogP contribution in [0.1, 0.15) is 36.2 Å². The van der Waals surface area contributed by atoms with Crippen molar-refractivity contribution in [3.05, 3.63) is 53.7 Å². The predicted molar refractivity (Wildman–Crippen MR) is 102 cm³/mol. The second-order valence-electron chi connectivity index (χ2n) is 6.30. The van der Waals surface area contributed by atoms with Gasteiger partial charge in [0, 0.05) is 29.8 Å². The molecule has 2 aromatic rings. The van der Waals surface area contributed by atoms with Crippen LogP contribution in [0.4, 0.5) is 11.5 Å². The Morgan fingerprint density at radius 3 is 2.59 bits per heavy atom. The smallest absolute Gasteiger partial charge is 0.305 e. The summed E-state index contributed by atoms with van der Waals surface area (Å²) in [5.74, 6) is -0.622. The minimum atomic E-state index is -0.317. The first-order valence-corrected chi connectivity index (χ1v) is 8.63. The van der Waals surface area contributed by atoms with Crippen LogP contribution in [-0.4, -0.2) is 29.9 Å². The Bertz CT molecular complexity index is 833. The van der Waals surface area contributed by atoms with Crippen LogP contribution in [0.15, 0.2) is 42.6 Å². The summed E-state index contributed by atoms with van der Waals surface area (Å²) < 4.78 is 4.63. The number of pyridine rings is 1. The molecule has 2 N–H and O–H groups in total. The number of nitrogens with one attached hydrogen (secondary N) is 2. The summed E-state index contributed by atoms with van der Waals surface area (Å²) in [6.07, 6.45) is 2.27. The van der Waals surface area contributed by atoms with E-state index in [4.69, 9.17) is 0 Å². The van der Waals surface area contributed by atoms with Crippen LogP contribution in [-0.2, 0) is 20.7 Å². The molecule has 0 aliphatic carbocycles. The number of hydrogen-bond donors (Lipinski definition) is 2. The van der Waals surface area contributed by atoms with Crippen LogP contribution < -0.4 is 10.6 Å². The first kappa shape index (κ1) is 20.1. The zero-order valence-corrected chi connectivity index (χ0v) is 15.6. The van der Waals surface area contributed by atoms with Gasteiger partial charge in [0.05, 0.1) is 7.11 Å². The number of esters is 1. The van der Waals surface area contributed by atoms with Gasteiger partial charge >= 0.3 is 5.97 Å². The van der Waals surface area contributed by atoms with E-state index in [1.807, 2.05) is 18.2 Å². The first-order valence-electron chi connectivity index (χ1n) is 8.63. The number of methoxy groups -OCH3 is 1. The number of ether oxygens (including phenoxy) is 1. The average molecular weight is 369 g/mol. The predicted octanol–water partition coefficient (Wildman–Crippen LogP) is 3.03. The highest BCUT2D eigenvalue weighted by atomic mass is 16.5. The maximum Gasteiger partial charge on any atom is 0.305 e. The van der Waals surface area contributed by atoms with E-state index in [0.717, 1.165) is 5.56 Å². The minimum absolute atomic E-state index is 0.168. The molecule has 0 saturated carbocycles. The van der Waals surface area contributed by atoms with Crippen LogP contribution in [0.25, 0.3) is 0 Å². The molecule has 0 radical (unpaired) electrons. The van der Waals surface area contributed by atoms with E-state index in [1.165, 1.54) is 19.4 Å². The van der Waals surface area contributed by atoms with Gasteiger partial charge in [0.25, 0.3) is 5.91 Å². The zero-order valence-electron chi connectivity index (χ0n) is 15.6. The van der Waals surface area contributed by atoms with Crippen LogP contribution >= 0.6 is 0 Å². The van der Waals surface area contributed by atoms with E-state index in [-0.39, 0.29) is 30.1 Å². The molecule has 0 bridgehead atoms. The van der Waals surface area contributed by atoms with Crippen LogP contribution in [0.3, 0.4) is 0 Å². The van der Waals surface area contributed by atoms with Crippen molar-refractivity contribution in [1.82, 2.24) is 4.98 Å². The Morgan fingerprint density at radius 1 is 1.11 bits per heavy atom. The number of carbonyl (C=O) groups excluding carboxylic acids is 3. The number of aromatic nitrogens is 1. The Labute approximate surface area is 158 Å². The largest absolute Gasteiger partial charge is 0.469 e. The second-order valence-corrected chi connectivity index (χ2v) is 6.30. The molecule has 7 nitrogen and oxygen atoms in total. The number of benzene rings is 1. The number of nitrogens with zero attached hydrogens (tertiary/aromatic N) is 1. The highest BCUT2D eigenvalue weighted by Gasteiger charge is 2.11. The number of rotatable bonds is 7. The van der Waals surface area contributed by atoms with Crippen molar-refractivity contribution in [2.24, 2.45) is 5.92 Å². The van der Waals surface area contributed by atoms with Crippen molar-refractivity contribution < 1.29 is 19.1 Å². The average Bonchev–Trinajstić information content (AvgIpc) is 2.66. The van der Waals surface area contributed by atoms with E-state index >= 15 is 0 Å². The van der Waals surface area contributed by atoms with E-state index in [1.54, 1.807) is 26.0 Å². The fourth-order valence-electron chi connectivity index (χ4n) is 2.27. The van der Waals surface area contributed by atoms with Crippen molar-refractivity contribution in [3.63, 3.8) is 0 Å². The molecular weight excluding hydrogens is 346 g/mol. The van der Waals surface area contributed by atoms with E-state index < -0.39 is 0 Å². The molecule has 0 spiro atoms. The molecule has 2 amide bonds. The summed E-state index contributed by atoms with van der Waals surface area (Å²) in [5.41, 5.74) is 1.91. The minimum Gasteiger partial charge on any atom is -0.469 e. The first-order chi connectivity index (χ1) is 12.9. The molecule has 0 aliphatic rings. The molecule has 1 aromatic heterocycles. The molecular formula is C20H23N3O4. The van der Waals surface area contributed by atoms with Gasteiger partial charge in [0.2, 0.25) is 5.91 Å². The van der Waals surface area contributed by atoms with Crippen molar-refractivity contribution in [1.29, 1.82) is 0 Å². The third-order valence-corrected chi connectivity index (χ3v) is 3.83. The maximum absolute atomic E-state index is 12.5. The molecule has 142 valence electrons. The quantitative estimate of drug-likeness (QED) is 0.731. The summed E-state index contributed by atoms with van der Waals surface area (Å²) in [7, 11) is 1.35. The lowest BCUT2D eigenvalue weighted by Crippen LogP contribution is -2.19. The summed E-state index contributed by atoms with van der Waals surface area (Å²) in [5, 5.41) is 5.48. The Hall–Kier alpha value is -3.22. The van der Waals surface area contributed by atoms with Gasteiger partial charge in [0.1, 0.15) is 5.82 Å². The molecule has 2 rings (SSSR count). The summed E-state index contributed by atoms with van der Waals surface area (Å²) >= 11 is 0. The number of carbonyl (C=O) groups is 3. The number of hydrogen-bond acceptors (Lipinski definition) is 5. The summed E-state index contributed by atoms with van der Waals surface area (Å²) in [6.45, 7) is 3.55. The lowest BCUT2D eigenvalue weighted by Gasteiger charge is -2.10. The Balaban J connectivity index is 2.04. The van der Waals surface area contributed by atoms with Gasteiger partial charge in [-0.15, -0.1) is 0 Å². The molecule has 0 aliphatic heterocycles. The van der Waals surface area contributed by atoms with Crippen molar-refractivity contribution in [3.8, 4) is 0 Å². The maximum atomic E-state index is 12.5. The van der Waals surface area contributed by atoms with Crippen molar-refractivity contribution in [2.45, 2.75) is 26.7 Å². The monoisotopic (exact) mass is 369 g/mol. The van der Waals surface area contributed by atoms with Gasteiger partial charge in [-0.2, -0.15) is 0 Å². The lowest BCUT2D eigenvalue weighted by atomic mass is 10.1. The standard InChI is InChI=1S/C20H23N3O4/c1-13(2)19(25)23-17-12-15(9-10-21-17)20(26)22-16-6-4-5-14(11-16)7-8-18(24)27-3/h4-6,9-13H,7-8H2,1-3H3,(H,22,26)(H,21,23,25). The van der Waals surface area contributed by atoms with Crippen molar-refractivity contribution in [2.75, 3.05) is 17.7 Å². The van der Waals surface area contributed by atoms with E-state index in [9.17, 15) is 14.4 Å². The SMILES string of the molecule is COC(=O)CCc1cccc(NC(=O)c2ccnc(NC(=O)C(C)C)c2)c1. The Kier molecular flexibility index (Phi) is 7.05. The van der Waals surface area contributed by atoms with Gasteiger partial charge in [-0.05, 0) is 36.2 Å². The zero-order chi connectivity index (χ0) is 19.8. The van der Waals surface area contributed by atoms with Crippen LogP contribution in [0, 0.1) is 5.92 Å². The van der Waals surface area contributed by atoms with Crippen molar-refractivity contribution >= 4 is 29.3 Å². The van der Waals surface area contributed by atoms with E-state index in [2.05, 4.69) is 20.4 Å². The van der Waals surface area contributed by atoms with E-state index in [0.29, 0.717) is 23.5 Å². The van der Waals surface area contributed by atoms with Gasteiger partial charge in [0.15, 0.2) is 0 Å². The molecule has 7 heteroatoms. The number of aryl methyl sites for hydroxylation is 1. The summed E-state index contributed by atoms with van der Waals surface area (Å²) in [4.78, 5) is 39.6. The fourth-order valence-corrected chi connectivity index (χ4v) is 2.27. The molecule has 1 heterocycles. The third kappa shape index (κ3) is 6.22. The van der Waals surface area contributed by atoms with Crippen LogP contribution in [0.5, 0.6) is 0 Å². The van der Waals surface area contributed by atoms with Gasteiger partial charge in [-0.1, -0.05) is 26.0 Å². The normalized spacial score (nSPS) is 10.4. The summed E-state index contributed by atoms with van der Waals surface area (Å²) in [6, 6.07) is 10.4. The second kappa shape index (κ2) is 9.47. The van der Waals surface area contributed by atoms with Gasteiger partial charge in [-0.3, -0.25) is 14.4 Å². The molecule has 0 atom stereocenters. The molecule has 0 saturated heterocycles. The number of amides is 2. The Morgan fingerprint density at radius 2 is 1.89 bits per heavy atom.